The number of carboxylic acid groups (broad SMARTS) is 2. The molecule has 130 valence electrons. The fourth-order valence-corrected chi connectivity index (χ4v) is 1.57. The van der Waals surface area contributed by atoms with Crippen molar-refractivity contribution >= 4 is 23.3 Å². The molecule has 0 aromatic heterocycles. The van der Waals surface area contributed by atoms with Gasteiger partial charge in [0.05, 0.1) is 17.2 Å². The number of hydrogen-bond acceptors (Lipinski definition) is 5. The average molecular weight is 389 g/mol. The molecular formula is C14H9CuN6O4. The Morgan fingerprint density at radius 3 is 1.68 bits per heavy atom. The van der Waals surface area contributed by atoms with Gasteiger partial charge in [-0.25, -0.2) is 4.79 Å². The Morgan fingerprint density at radius 2 is 1.28 bits per heavy atom. The molecule has 0 saturated heterocycles. The molecule has 0 saturated carbocycles. The van der Waals surface area contributed by atoms with Crippen LogP contribution in [0.1, 0.15) is 20.7 Å². The minimum absolute atomic E-state index is 0. The maximum Gasteiger partial charge on any atom is 1.00 e. The molecule has 0 unspecified atom stereocenters. The quantitative estimate of drug-likeness (QED) is 0.366. The summed E-state index contributed by atoms with van der Waals surface area (Å²) in [6, 6.07) is 11.8. The van der Waals surface area contributed by atoms with Crippen LogP contribution in [-0.2, 0) is 17.1 Å². The van der Waals surface area contributed by atoms with Crippen molar-refractivity contribution in [3.63, 3.8) is 0 Å². The summed E-state index contributed by atoms with van der Waals surface area (Å²) in [5.41, 5.74) is 16.3. The van der Waals surface area contributed by atoms with Crippen molar-refractivity contribution in [2.75, 3.05) is 0 Å². The molecule has 0 atom stereocenters. The maximum absolute atomic E-state index is 10.5. The molecule has 0 spiro atoms. The number of hydrogen-bond donors (Lipinski definition) is 1. The van der Waals surface area contributed by atoms with Crippen LogP contribution in [0, 0.1) is 0 Å². The van der Waals surface area contributed by atoms with Gasteiger partial charge in [-0.15, -0.1) is 0 Å². The first-order valence-electron chi connectivity index (χ1n) is 6.24. The van der Waals surface area contributed by atoms with Gasteiger partial charge in [0.15, 0.2) is 0 Å². The van der Waals surface area contributed by atoms with Gasteiger partial charge in [0.1, 0.15) is 0 Å². The van der Waals surface area contributed by atoms with E-state index in [1.165, 1.54) is 30.3 Å². The second-order valence-corrected chi connectivity index (χ2v) is 4.01. The molecule has 11 heteroatoms. The maximum atomic E-state index is 10.5. The molecule has 1 N–H and O–H groups in total. The number of rotatable bonds is 4. The minimum atomic E-state index is -1.35. The van der Waals surface area contributed by atoms with Gasteiger partial charge in [-0.1, -0.05) is 52.7 Å². The molecule has 0 bridgehead atoms. The Hall–Kier alpha value is -3.48. The van der Waals surface area contributed by atoms with Gasteiger partial charge in [0.25, 0.3) is 0 Å². The first-order chi connectivity index (χ1) is 11.5. The van der Waals surface area contributed by atoms with E-state index in [4.69, 9.17) is 16.2 Å². The van der Waals surface area contributed by atoms with Crippen LogP contribution in [0.3, 0.4) is 0 Å². The van der Waals surface area contributed by atoms with Crippen LogP contribution in [0.15, 0.2) is 58.8 Å². The van der Waals surface area contributed by atoms with E-state index in [0.29, 0.717) is 0 Å². The predicted molar refractivity (Wildman–Crippen MR) is 81.8 cm³/mol. The number of carbonyl (C=O) groups is 2. The summed E-state index contributed by atoms with van der Waals surface area (Å²) in [7, 11) is 0. The van der Waals surface area contributed by atoms with Gasteiger partial charge in [0, 0.05) is 21.1 Å². The zero-order chi connectivity index (χ0) is 17.9. The monoisotopic (exact) mass is 388 g/mol. The Kier molecular flexibility index (Phi) is 9.57. The fourth-order valence-electron chi connectivity index (χ4n) is 1.57. The first-order valence-corrected chi connectivity index (χ1v) is 6.24. The molecule has 10 nitrogen and oxygen atoms in total. The van der Waals surface area contributed by atoms with E-state index in [9.17, 15) is 14.7 Å². The number of nitrogens with zero attached hydrogens (tertiary/aromatic N) is 6. The van der Waals surface area contributed by atoms with Gasteiger partial charge < -0.3 is 15.0 Å². The van der Waals surface area contributed by atoms with E-state index in [1.54, 1.807) is 18.2 Å². The molecule has 0 fully saturated rings. The standard InChI is InChI=1S/2C7H5N3O2.Cu/c2*8-10-9-6-4-2-1-3-5(6)7(11)12;/h2*1-4H,(H,11,12);/q;;+1/p-1. The molecule has 0 radical (unpaired) electrons. The summed E-state index contributed by atoms with van der Waals surface area (Å²) in [6.07, 6.45) is 0. The summed E-state index contributed by atoms with van der Waals surface area (Å²) >= 11 is 0. The summed E-state index contributed by atoms with van der Waals surface area (Å²) in [5, 5.41) is 25.4. The zero-order valence-corrected chi connectivity index (χ0v) is 13.2. The van der Waals surface area contributed by atoms with E-state index in [0.717, 1.165) is 0 Å². The normalized spacial score (nSPS) is 8.32. The van der Waals surface area contributed by atoms with Crippen LogP contribution < -0.4 is 5.11 Å². The average Bonchev–Trinajstić information content (AvgIpc) is 2.57. The molecule has 2 rings (SSSR count). The molecule has 0 amide bonds. The van der Waals surface area contributed by atoms with Crippen LogP contribution >= 0.6 is 0 Å². The number of aromatic carboxylic acids is 2. The molecule has 2 aromatic rings. The van der Waals surface area contributed by atoms with Crippen molar-refractivity contribution in [3.05, 3.63) is 80.5 Å². The van der Waals surface area contributed by atoms with E-state index < -0.39 is 11.9 Å². The summed E-state index contributed by atoms with van der Waals surface area (Å²) < 4.78 is 0. The van der Waals surface area contributed by atoms with Crippen LogP contribution in [0.4, 0.5) is 11.4 Å². The van der Waals surface area contributed by atoms with Crippen molar-refractivity contribution in [2.24, 2.45) is 10.2 Å². The third-order valence-corrected chi connectivity index (χ3v) is 2.56. The smallest absolute Gasteiger partial charge is 0.545 e. The predicted octanol–water partition coefficient (Wildman–Crippen LogP) is 3.32. The van der Waals surface area contributed by atoms with E-state index in [1.807, 2.05) is 0 Å². The first kappa shape index (κ1) is 21.5. The van der Waals surface area contributed by atoms with E-state index >= 15 is 0 Å². The summed E-state index contributed by atoms with van der Waals surface area (Å²) in [5.74, 6) is -2.45. The molecule has 2 aromatic carbocycles. The van der Waals surface area contributed by atoms with E-state index in [-0.39, 0.29) is 39.6 Å². The number of carboxylic acids is 2. The van der Waals surface area contributed by atoms with Crippen molar-refractivity contribution in [1.82, 2.24) is 0 Å². The third kappa shape index (κ3) is 6.65. The minimum Gasteiger partial charge on any atom is -0.545 e. The van der Waals surface area contributed by atoms with E-state index in [2.05, 4.69) is 20.1 Å². The van der Waals surface area contributed by atoms with Gasteiger partial charge in [-0.2, -0.15) is 0 Å². The molecule has 0 heterocycles. The van der Waals surface area contributed by atoms with Gasteiger partial charge >= 0.3 is 23.0 Å². The number of carbonyl (C=O) groups excluding carboxylic acids is 1. The molecule has 0 aliphatic carbocycles. The fraction of sp³-hybridized carbons (Fsp3) is 0. The van der Waals surface area contributed by atoms with Crippen LogP contribution in [0.5, 0.6) is 0 Å². The van der Waals surface area contributed by atoms with Gasteiger partial charge in [-0.05, 0) is 17.1 Å². The van der Waals surface area contributed by atoms with Crippen LogP contribution in [0.25, 0.3) is 20.9 Å². The summed E-state index contributed by atoms with van der Waals surface area (Å²) in [6.45, 7) is 0. The largest absolute Gasteiger partial charge is 1.00 e. The van der Waals surface area contributed by atoms with Gasteiger partial charge in [0.2, 0.25) is 0 Å². The van der Waals surface area contributed by atoms with Gasteiger partial charge in [-0.3, -0.25) is 0 Å². The second kappa shape index (κ2) is 11.1. The number of azide groups is 2. The zero-order valence-electron chi connectivity index (χ0n) is 12.3. The third-order valence-electron chi connectivity index (χ3n) is 2.56. The molecule has 0 aliphatic heterocycles. The SMILES string of the molecule is [Cu+].[N-]=[N+]=Nc1ccccc1C(=O)O.[N-]=[N+]=Nc1ccccc1C(=O)[O-]. The number of benzene rings is 2. The Balaban J connectivity index is 0.000000443. The Bertz CT molecular complexity index is 746. The molecular weight excluding hydrogens is 380 g/mol. The molecule has 25 heavy (non-hydrogen) atoms. The van der Waals surface area contributed by atoms with Crippen LogP contribution in [-0.4, -0.2) is 17.0 Å². The van der Waals surface area contributed by atoms with Crippen molar-refractivity contribution in [2.45, 2.75) is 0 Å². The molecule has 0 aliphatic rings. The van der Waals surface area contributed by atoms with Crippen molar-refractivity contribution in [1.29, 1.82) is 0 Å². The van der Waals surface area contributed by atoms with Crippen molar-refractivity contribution < 1.29 is 36.9 Å². The topological polar surface area (TPSA) is 175 Å². The Morgan fingerprint density at radius 1 is 0.880 bits per heavy atom. The summed E-state index contributed by atoms with van der Waals surface area (Å²) in [4.78, 5) is 25.9. The Labute approximate surface area is 151 Å². The second-order valence-electron chi connectivity index (χ2n) is 4.01. The van der Waals surface area contributed by atoms with Crippen LogP contribution in [0.2, 0.25) is 0 Å². The van der Waals surface area contributed by atoms with Crippen molar-refractivity contribution in [3.8, 4) is 0 Å².